The fourth-order valence-electron chi connectivity index (χ4n) is 0.759. The van der Waals surface area contributed by atoms with Gasteiger partial charge in [-0.25, -0.2) is 0 Å². The highest BCUT2D eigenvalue weighted by Crippen LogP contribution is 2.04. The molecule has 3 N–H and O–H groups in total. The van der Waals surface area contributed by atoms with Gasteiger partial charge in [0.1, 0.15) is 0 Å². The summed E-state index contributed by atoms with van der Waals surface area (Å²) in [5.41, 5.74) is 1.90. The maximum absolute atomic E-state index is 4.96. The van der Waals surface area contributed by atoms with Crippen molar-refractivity contribution in [3.05, 3.63) is 30.1 Å². The molecule has 10 heavy (non-hydrogen) atoms. The Morgan fingerprint density at radius 1 is 1.70 bits per heavy atom. The molecule has 0 amide bonds. The molecule has 1 heterocycles. The van der Waals surface area contributed by atoms with Crippen LogP contribution >= 0.6 is 0 Å². The minimum absolute atomic E-state index is 0.887. The van der Waals surface area contributed by atoms with E-state index in [2.05, 4.69) is 16.7 Å². The molecule has 52 valence electrons. The summed E-state index contributed by atoms with van der Waals surface area (Å²) in [7, 11) is 0. The van der Waals surface area contributed by atoms with E-state index in [1.165, 1.54) is 0 Å². The molecular formula is C7H9N3. The van der Waals surface area contributed by atoms with Gasteiger partial charge >= 0.3 is 0 Å². The van der Waals surface area contributed by atoms with E-state index >= 15 is 0 Å². The monoisotopic (exact) mass is 135 g/mol. The number of hydrazone groups is 1. The van der Waals surface area contributed by atoms with Crippen molar-refractivity contribution in [1.82, 2.24) is 4.98 Å². The van der Waals surface area contributed by atoms with Crippen LogP contribution < -0.4 is 5.84 Å². The van der Waals surface area contributed by atoms with Gasteiger partial charge < -0.3 is 10.8 Å². The van der Waals surface area contributed by atoms with Gasteiger partial charge in [0.2, 0.25) is 0 Å². The standard InChI is InChI=1S/C7H9N3/c1-2-6-3-4-9-7(6)5-10-8/h2-5,9H,1,8H2/b10-5-. The smallest absolute Gasteiger partial charge is 0.0706 e. The molecule has 0 saturated carbocycles. The molecule has 0 radical (unpaired) electrons. The van der Waals surface area contributed by atoms with E-state index < -0.39 is 0 Å². The zero-order chi connectivity index (χ0) is 7.40. The van der Waals surface area contributed by atoms with Crippen molar-refractivity contribution in [2.75, 3.05) is 0 Å². The number of hydrogen-bond acceptors (Lipinski definition) is 2. The Morgan fingerprint density at radius 3 is 3.10 bits per heavy atom. The van der Waals surface area contributed by atoms with Crippen molar-refractivity contribution in [3.8, 4) is 0 Å². The van der Waals surface area contributed by atoms with E-state index in [0.29, 0.717) is 0 Å². The average molecular weight is 135 g/mol. The molecule has 0 saturated heterocycles. The van der Waals surface area contributed by atoms with Crippen LogP contribution in [0.4, 0.5) is 0 Å². The summed E-state index contributed by atoms with van der Waals surface area (Å²) < 4.78 is 0. The van der Waals surface area contributed by atoms with Crippen LogP contribution in [0.15, 0.2) is 23.9 Å². The predicted molar refractivity (Wildman–Crippen MR) is 42.7 cm³/mol. The van der Waals surface area contributed by atoms with Crippen LogP contribution in [0.5, 0.6) is 0 Å². The minimum Gasteiger partial charge on any atom is -0.360 e. The SMILES string of the molecule is C=Cc1cc[nH]c1/C=N\N. The number of nitrogens with two attached hydrogens (primary N) is 1. The first-order valence-electron chi connectivity index (χ1n) is 2.91. The van der Waals surface area contributed by atoms with Crippen molar-refractivity contribution in [2.45, 2.75) is 0 Å². The molecule has 0 unspecified atom stereocenters. The summed E-state index contributed by atoms with van der Waals surface area (Å²) in [6.07, 6.45) is 5.11. The van der Waals surface area contributed by atoms with Crippen LogP contribution in [0, 0.1) is 0 Å². The molecule has 0 atom stereocenters. The highest BCUT2D eigenvalue weighted by molar-refractivity contribution is 5.82. The zero-order valence-electron chi connectivity index (χ0n) is 5.54. The number of nitrogens with zero attached hydrogens (tertiary/aromatic N) is 1. The van der Waals surface area contributed by atoms with Crippen LogP contribution in [0.1, 0.15) is 11.3 Å². The number of rotatable bonds is 2. The molecule has 1 rings (SSSR count). The van der Waals surface area contributed by atoms with Gasteiger partial charge in [0.25, 0.3) is 0 Å². The van der Waals surface area contributed by atoms with Gasteiger partial charge in [0, 0.05) is 11.8 Å². The molecular weight excluding hydrogens is 126 g/mol. The second-order valence-electron chi connectivity index (χ2n) is 1.83. The van der Waals surface area contributed by atoms with E-state index in [1.807, 2.05) is 12.3 Å². The first-order chi connectivity index (χ1) is 4.88. The minimum atomic E-state index is 0.887. The van der Waals surface area contributed by atoms with Crippen molar-refractivity contribution >= 4 is 12.3 Å². The number of H-pyrrole nitrogens is 1. The van der Waals surface area contributed by atoms with E-state index in [-0.39, 0.29) is 0 Å². The molecule has 0 aliphatic rings. The molecule has 0 fully saturated rings. The Hall–Kier alpha value is -1.51. The molecule has 0 aromatic carbocycles. The quantitative estimate of drug-likeness (QED) is 0.354. The molecule has 3 heteroatoms. The zero-order valence-corrected chi connectivity index (χ0v) is 5.54. The van der Waals surface area contributed by atoms with Gasteiger partial charge in [-0.3, -0.25) is 0 Å². The predicted octanol–water partition coefficient (Wildman–Crippen LogP) is 0.950. The summed E-state index contributed by atoms with van der Waals surface area (Å²) in [6, 6.07) is 1.91. The van der Waals surface area contributed by atoms with Crippen LogP contribution in [0.25, 0.3) is 6.08 Å². The number of hydrogen-bond donors (Lipinski definition) is 2. The average Bonchev–Trinajstić information content (AvgIpc) is 2.36. The maximum Gasteiger partial charge on any atom is 0.0706 e. The van der Waals surface area contributed by atoms with E-state index in [0.717, 1.165) is 11.3 Å². The van der Waals surface area contributed by atoms with Gasteiger partial charge in [-0.15, -0.1) is 0 Å². The van der Waals surface area contributed by atoms with Crippen molar-refractivity contribution in [3.63, 3.8) is 0 Å². The van der Waals surface area contributed by atoms with Gasteiger partial charge in [-0.1, -0.05) is 12.7 Å². The van der Waals surface area contributed by atoms with Crippen molar-refractivity contribution in [2.24, 2.45) is 10.9 Å². The molecule has 0 bridgehead atoms. The van der Waals surface area contributed by atoms with Crippen LogP contribution in [0.3, 0.4) is 0 Å². The fourth-order valence-corrected chi connectivity index (χ4v) is 0.759. The van der Waals surface area contributed by atoms with Crippen molar-refractivity contribution < 1.29 is 0 Å². The van der Waals surface area contributed by atoms with Crippen LogP contribution in [0.2, 0.25) is 0 Å². The first kappa shape index (κ1) is 6.61. The lowest BCUT2D eigenvalue weighted by Crippen LogP contribution is -1.87. The topological polar surface area (TPSA) is 54.2 Å². The van der Waals surface area contributed by atoms with E-state index in [1.54, 1.807) is 12.3 Å². The number of aromatic amines is 1. The third-order valence-corrected chi connectivity index (χ3v) is 1.24. The molecule has 0 spiro atoms. The fraction of sp³-hybridized carbons (Fsp3) is 0. The Labute approximate surface area is 59.3 Å². The summed E-state index contributed by atoms with van der Waals surface area (Å²) in [5, 5.41) is 3.38. The summed E-state index contributed by atoms with van der Waals surface area (Å²) >= 11 is 0. The molecule has 3 nitrogen and oxygen atoms in total. The number of nitrogens with one attached hydrogen (secondary N) is 1. The largest absolute Gasteiger partial charge is 0.360 e. The molecule has 0 aliphatic heterocycles. The molecule has 0 aliphatic carbocycles. The van der Waals surface area contributed by atoms with Crippen LogP contribution in [-0.4, -0.2) is 11.2 Å². The second kappa shape index (κ2) is 2.87. The highest BCUT2D eigenvalue weighted by atomic mass is 15.1. The Kier molecular flexibility index (Phi) is 1.89. The third-order valence-electron chi connectivity index (χ3n) is 1.24. The van der Waals surface area contributed by atoms with Gasteiger partial charge in [0.05, 0.1) is 11.9 Å². The summed E-state index contributed by atoms with van der Waals surface area (Å²) in [6.45, 7) is 3.62. The van der Waals surface area contributed by atoms with E-state index in [4.69, 9.17) is 5.84 Å². The van der Waals surface area contributed by atoms with Crippen LogP contribution in [-0.2, 0) is 0 Å². The highest BCUT2D eigenvalue weighted by Gasteiger charge is 1.93. The normalized spacial score (nSPS) is 10.4. The Bertz CT molecular complexity index is 247. The first-order valence-corrected chi connectivity index (χ1v) is 2.91. The van der Waals surface area contributed by atoms with Gasteiger partial charge in [-0.2, -0.15) is 5.10 Å². The summed E-state index contributed by atoms with van der Waals surface area (Å²) in [4.78, 5) is 2.96. The Balaban J connectivity index is 3.00. The second-order valence-corrected chi connectivity index (χ2v) is 1.83. The number of aromatic nitrogens is 1. The lowest BCUT2D eigenvalue weighted by molar-refractivity contribution is 1.25. The lowest BCUT2D eigenvalue weighted by atomic mass is 10.2. The molecule has 1 aromatic rings. The van der Waals surface area contributed by atoms with Gasteiger partial charge in [-0.05, 0) is 6.07 Å². The molecule has 1 aromatic heterocycles. The van der Waals surface area contributed by atoms with Gasteiger partial charge in [0.15, 0.2) is 0 Å². The van der Waals surface area contributed by atoms with E-state index in [9.17, 15) is 0 Å². The third kappa shape index (κ3) is 1.07. The summed E-state index contributed by atoms with van der Waals surface area (Å²) in [5.74, 6) is 4.96. The van der Waals surface area contributed by atoms with Crippen molar-refractivity contribution in [1.29, 1.82) is 0 Å². The Morgan fingerprint density at radius 2 is 2.50 bits per heavy atom. The maximum atomic E-state index is 4.96. The lowest BCUT2D eigenvalue weighted by Gasteiger charge is -1.86.